The molecule has 0 fully saturated rings. The lowest BCUT2D eigenvalue weighted by Gasteiger charge is -2.37. The second kappa shape index (κ2) is 3.33. The number of nitrogens with zero attached hydrogens (tertiary/aromatic N) is 2. The van der Waals surface area contributed by atoms with E-state index in [0.29, 0.717) is 0 Å². The molecule has 4 rings (SSSR count). The number of anilines is 2. The van der Waals surface area contributed by atoms with Crippen LogP contribution in [0.5, 0.6) is 0 Å². The van der Waals surface area contributed by atoms with Crippen molar-refractivity contribution in [1.29, 1.82) is 0 Å². The molecule has 0 saturated heterocycles. The van der Waals surface area contributed by atoms with Gasteiger partial charge in [-0.25, -0.2) is 0 Å². The maximum atomic E-state index is 4.38. The zero-order valence-electron chi connectivity index (χ0n) is 9.69. The van der Waals surface area contributed by atoms with E-state index in [0.717, 1.165) is 13.0 Å². The quantitative estimate of drug-likeness (QED) is 0.681. The minimum Gasteiger partial charge on any atom is -0.341 e. The Kier molecular flexibility index (Phi) is 1.81. The van der Waals surface area contributed by atoms with Crippen molar-refractivity contribution in [3.8, 4) is 0 Å². The number of hydrogen-bond donors (Lipinski definition) is 0. The fraction of sp³-hybridized carbons (Fsp3) is 0.267. The van der Waals surface area contributed by atoms with E-state index in [9.17, 15) is 0 Å². The SMILES string of the molecule is c1ccc2c(c1)Cc1cncc3c1N2CCC3. The van der Waals surface area contributed by atoms with Gasteiger partial charge < -0.3 is 4.90 Å². The Labute approximate surface area is 101 Å². The summed E-state index contributed by atoms with van der Waals surface area (Å²) >= 11 is 0. The summed E-state index contributed by atoms with van der Waals surface area (Å²) in [5.74, 6) is 0. The molecule has 0 aliphatic carbocycles. The van der Waals surface area contributed by atoms with Gasteiger partial charge in [-0.05, 0) is 35.6 Å². The van der Waals surface area contributed by atoms with E-state index in [1.54, 1.807) is 0 Å². The standard InChI is InChI=1S/C15H14N2/c1-2-6-14-11(4-1)8-13-10-16-9-12-5-3-7-17(14)15(12)13/h1-2,4,6,9-10H,3,5,7-8H2. The third kappa shape index (κ3) is 1.24. The van der Waals surface area contributed by atoms with Gasteiger partial charge in [0, 0.05) is 31.0 Å². The molecule has 17 heavy (non-hydrogen) atoms. The monoisotopic (exact) mass is 222 g/mol. The molecule has 1 aromatic carbocycles. The zero-order chi connectivity index (χ0) is 11.2. The Hall–Kier alpha value is -1.83. The number of benzene rings is 1. The van der Waals surface area contributed by atoms with Gasteiger partial charge >= 0.3 is 0 Å². The maximum absolute atomic E-state index is 4.38. The van der Waals surface area contributed by atoms with Crippen molar-refractivity contribution in [2.45, 2.75) is 19.3 Å². The summed E-state index contributed by atoms with van der Waals surface area (Å²) in [6.45, 7) is 1.14. The molecule has 0 amide bonds. The van der Waals surface area contributed by atoms with Crippen molar-refractivity contribution in [3.05, 3.63) is 53.3 Å². The molecule has 2 heteroatoms. The molecule has 2 aliphatic heterocycles. The number of fused-ring (bicyclic) bond motifs is 2. The second-order valence-electron chi connectivity index (χ2n) is 4.87. The van der Waals surface area contributed by atoms with Crippen LogP contribution in [0.2, 0.25) is 0 Å². The molecule has 0 spiro atoms. The minimum absolute atomic E-state index is 1.03. The lowest BCUT2D eigenvalue weighted by molar-refractivity contribution is 0.746. The number of para-hydroxylation sites is 1. The Morgan fingerprint density at radius 3 is 2.88 bits per heavy atom. The lowest BCUT2D eigenvalue weighted by Crippen LogP contribution is -2.29. The first-order chi connectivity index (χ1) is 8.43. The third-order valence-electron chi connectivity index (χ3n) is 3.83. The molecule has 0 atom stereocenters. The molecule has 2 aromatic rings. The van der Waals surface area contributed by atoms with Crippen molar-refractivity contribution < 1.29 is 0 Å². The third-order valence-corrected chi connectivity index (χ3v) is 3.83. The highest BCUT2D eigenvalue weighted by molar-refractivity contribution is 5.76. The van der Waals surface area contributed by atoms with Crippen LogP contribution in [0.25, 0.3) is 0 Å². The van der Waals surface area contributed by atoms with Crippen molar-refractivity contribution in [3.63, 3.8) is 0 Å². The van der Waals surface area contributed by atoms with Gasteiger partial charge in [-0.1, -0.05) is 18.2 Å². The van der Waals surface area contributed by atoms with Crippen molar-refractivity contribution in [1.82, 2.24) is 4.98 Å². The maximum Gasteiger partial charge on any atom is 0.0510 e. The normalized spacial score (nSPS) is 16.4. The molecular weight excluding hydrogens is 208 g/mol. The van der Waals surface area contributed by atoms with E-state index >= 15 is 0 Å². The summed E-state index contributed by atoms with van der Waals surface area (Å²) < 4.78 is 0. The summed E-state index contributed by atoms with van der Waals surface area (Å²) in [7, 11) is 0. The van der Waals surface area contributed by atoms with E-state index in [1.807, 2.05) is 12.4 Å². The van der Waals surface area contributed by atoms with Crippen LogP contribution in [-0.4, -0.2) is 11.5 Å². The average Bonchev–Trinajstić information content (AvgIpc) is 2.39. The number of aryl methyl sites for hydroxylation is 1. The van der Waals surface area contributed by atoms with Crippen LogP contribution in [0, 0.1) is 0 Å². The Balaban J connectivity index is 1.99. The highest BCUT2D eigenvalue weighted by atomic mass is 15.2. The van der Waals surface area contributed by atoms with Crippen LogP contribution in [-0.2, 0) is 12.8 Å². The lowest BCUT2D eigenvalue weighted by atomic mass is 9.91. The zero-order valence-corrected chi connectivity index (χ0v) is 9.69. The molecule has 2 nitrogen and oxygen atoms in total. The van der Waals surface area contributed by atoms with Gasteiger partial charge in [0.05, 0.1) is 5.69 Å². The van der Waals surface area contributed by atoms with E-state index in [4.69, 9.17) is 0 Å². The molecule has 2 aliphatic rings. The molecule has 0 saturated carbocycles. The van der Waals surface area contributed by atoms with Crippen LogP contribution >= 0.6 is 0 Å². The molecule has 1 aromatic heterocycles. The average molecular weight is 222 g/mol. The first kappa shape index (κ1) is 9.23. The van der Waals surface area contributed by atoms with Gasteiger partial charge in [0.1, 0.15) is 0 Å². The largest absolute Gasteiger partial charge is 0.341 e. The van der Waals surface area contributed by atoms with Gasteiger partial charge in [0.2, 0.25) is 0 Å². The Bertz CT molecular complexity index is 589. The molecule has 0 radical (unpaired) electrons. The van der Waals surface area contributed by atoms with Crippen molar-refractivity contribution in [2.24, 2.45) is 0 Å². The number of rotatable bonds is 0. The summed E-state index contributed by atoms with van der Waals surface area (Å²) in [6.07, 6.45) is 7.51. The fourth-order valence-corrected chi connectivity index (χ4v) is 3.11. The molecule has 84 valence electrons. The smallest absolute Gasteiger partial charge is 0.0510 e. The first-order valence-corrected chi connectivity index (χ1v) is 6.25. The Morgan fingerprint density at radius 1 is 1.00 bits per heavy atom. The van der Waals surface area contributed by atoms with E-state index in [-0.39, 0.29) is 0 Å². The molecule has 0 N–H and O–H groups in total. The number of pyridine rings is 1. The van der Waals surface area contributed by atoms with Gasteiger partial charge in [-0.15, -0.1) is 0 Å². The first-order valence-electron chi connectivity index (χ1n) is 6.25. The van der Waals surface area contributed by atoms with Gasteiger partial charge in [0.25, 0.3) is 0 Å². The van der Waals surface area contributed by atoms with Gasteiger partial charge in [-0.3, -0.25) is 4.98 Å². The van der Waals surface area contributed by atoms with Gasteiger partial charge in [0.15, 0.2) is 0 Å². The predicted molar refractivity (Wildman–Crippen MR) is 68.8 cm³/mol. The predicted octanol–water partition coefficient (Wildman–Crippen LogP) is 3.07. The van der Waals surface area contributed by atoms with Crippen molar-refractivity contribution >= 4 is 11.4 Å². The summed E-state index contributed by atoms with van der Waals surface area (Å²) in [6, 6.07) is 8.75. The van der Waals surface area contributed by atoms with E-state index in [1.165, 1.54) is 40.9 Å². The molecule has 0 unspecified atom stereocenters. The van der Waals surface area contributed by atoms with Crippen LogP contribution in [0.4, 0.5) is 11.4 Å². The highest BCUT2D eigenvalue weighted by Gasteiger charge is 2.27. The van der Waals surface area contributed by atoms with Crippen LogP contribution in [0.15, 0.2) is 36.7 Å². The fourth-order valence-electron chi connectivity index (χ4n) is 3.11. The molecule has 3 heterocycles. The van der Waals surface area contributed by atoms with Crippen LogP contribution < -0.4 is 4.90 Å². The van der Waals surface area contributed by atoms with Crippen molar-refractivity contribution in [2.75, 3.05) is 11.4 Å². The van der Waals surface area contributed by atoms with Crippen LogP contribution in [0.3, 0.4) is 0 Å². The highest BCUT2D eigenvalue weighted by Crippen LogP contribution is 2.42. The minimum atomic E-state index is 1.03. The number of hydrogen-bond acceptors (Lipinski definition) is 2. The topological polar surface area (TPSA) is 16.1 Å². The summed E-state index contributed by atoms with van der Waals surface area (Å²) in [5.41, 5.74) is 7.07. The number of aromatic nitrogens is 1. The van der Waals surface area contributed by atoms with E-state index in [2.05, 4.69) is 34.1 Å². The van der Waals surface area contributed by atoms with Gasteiger partial charge in [-0.2, -0.15) is 0 Å². The van der Waals surface area contributed by atoms with Crippen LogP contribution in [0.1, 0.15) is 23.1 Å². The van der Waals surface area contributed by atoms with E-state index < -0.39 is 0 Å². The molecule has 0 bridgehead atoms. The molecular formula is C15H14N2. The Morgan fingerprint density at radius 2 is 1.88 bits per heavy atom. The summed E-state index contributed by atoms with van der Waals surface area (Å²) in [4.78, 5) is 6.86. The second-order valence-corrected chi connectivity index (χ2v) is 4.87. The summed E-state index contributed by atoms with van der Waals surface area (Å²) in [5, 5.41) is 0.